The van der Waals surface area contributed by atoms with E-state index in [9.17, 15) is 26.4 Å². The highest BCUT2D eigenvalue weighted by Gasteiger charge is 2.46. The number of nitrogens with zero attached hydrogens (tertiary/aromatic N) is 3. The maximum Gasteiger partial charge on any atom is 0.436 e. The lowest BCUT2D eigenvalue weighted by molar-refractivity contribution is -0.145. The first-order chi connectivity index (χ1) is 10.5. The fourth-order valence-electron chi connectivity index (χ4n) is 2.76. The summed E-state index contributed by atoms with van der Waals surface area (Å²) < 4.78 is 65.9. The van der Waals surface area contributed by atoms with Crippen molar-refractivity contribution < 1.29 is 31.5 Å². The number of aliphatic carboxylic acids is 1. The lowest BCUT2D eigenvalue weighted by atomic mass is 9.92. The van der Waals surface area contributed by atoms with Crippen molar-refractivity contribution in [3.63, 3.8) is 0 Å². The van der Waals surface area contributed by atoms with E-state index < -0.39 is 44.7 Å². The Bertz CT molecular complexity index is 714. The molecular formula is C12H16F3N3O4S. The maximum absolute atomic E-state index is 13.0. The first-order valence-corrected chi connectivity index (χ1v) is 8.25. The number of piperidine rings is 1. The van der Waals surface area contributed by atoms with Crippen LogP contribution in [0.1, 0.15) is 25.5 Å². The van der Waals surface area contributed by atoms with E-state index in [0.717, 1.165) is 15.2 Å². The third kappa shape index (κ3) is 3.20. The fourth-order valence-corrected chi connectivity index (χ4v) is 4.65. The van der Waals surface area contributed by atoms with Gasteiger partial charge in [0.2, 0.25) is 10.0 Å². The SMILES string of the molecule is C[C@@H]1[C@H](C(=O)O)CCCN1S(=O)(=O)c1cn(C)nc1C(F)(F)F. The van der Waals surface area contributed by atoms with Crippen LogP contribution in [0.15, 0.2) is 11.1 Å². The van der Waals surface area contributed by atoms with Crippen molar-refractivity contribution in [3.8, 4) is 0 Å². The largest absolute Gasteiger partial charge is 0.481 e. The van der Waals surface area contributed by atoms with Gasteiger partial charge in [0.25, 0.3) is 0 Å². The molecule has 1 N–H and O–H groups in total. The van der Waals surface area contributed by atoms with E-state index in [4.69, 9.17) is 5.11 Å². The highest BCUT2D eigenvalue weighted by molar-refractivity contribution is 7.89. The number of carboxylic acid groups (broad SMARTS) is 1. The standard InChI is InChI=1S/C12H16F3N3O4S/c1-7-8(11(19)20)4-3-5-18(7)23(21,22)9-6-17(2)16-10(9)12(13,14)15/h6-8H,3-5H2,1-2H3,(H,19,20)/t7-,8-/m1/s1. The predicted octanol–water partition coefficient (Wildman–Crippen LogP) is 1.31. The van der Waals surface area contributed by atoms with Gasteiger partial charge in [-0.05, 0) is 19.8 Å². The first-order valence-electron chi connectivity index (χ1n) is 6.81. The van der Waals surface area contributed by atoms with Gasteiger partial charge in [0.15, 0.2) is 5.69 Å². The van der Waals surface area contributed by atoms with E-state index in [0.29, 0.717) is 0 Å². The van der Waals surface area contributed by atoms with Crippen LogP contribution in [-0.4, -0.2) is 46.2 Å². The number of carbonyl (C=O) groups is 1. The Hall–Kier alpha value is -1.62. The zero-order chi connectivity index (χ0) is 17.6. The molecule has 7 nitrogen and oxygen atoms in total. The molecule has 0 bridgehead atoms. The van der Waals surface area contributed by atoms with Crippen LogP contribution in [0.5, 0.6) is 0 Å². The van der Waals surface area contributed by atoms with Gasteiger partial charge in [-0.3, -0.25) is 9.48 Å². The van der Waals surface area contributed by atoms with Crippen LogP contribution in [-0.2, 0) is 28.0 Å². The second-order valence-corrected chi connectivity index (χ2v) is 7.32. The first kappa shape index (κ1) is 17.7. The Kier molecular flexibility index (Phi) is 4.46. The molecule has 23 heavy (non-hydrogen) atoms. The van der Waals surface area contributed by atoms with Gasteiger partial charge in [-0.15, -0.1) is 0 Å². The lowest BCUT2D eigenvalue weighted by Crippen LogP contribution is -2.49. The number of carboxylic acids is 1. The Morgan fingerprint density at radius 3 is 2.57 bits per heavy atom. The van der Waals surface area contributed by atoms with Gasteiger partial charge in [0.05, 0.1) is 5.92 Å². The Morgan fingerprint density at radius 2 is 2.04 bits per heavy atom. The third-order valence-corrected chi connectivity index (χ3v) is 5.88. The highest BCUT2D eigenvalue weighted by Crippen LogP contribution is 2.36. The summed E-state index contributed by atoms with van der Waals surface area (Å²) in [4.78, 5) is 10.2. The molecule has 0 aliphatic carbocycles. The summed E-state index contributed by atoms with van der Waals surface area (Å²) in [6.45, 7) is 1.36. The van der Waals surface area contributed by atoms with Crippen molar-refractivity contribution in [2.45, 2.75) is 36.9 Å². The molecular weight excluding hydrogens is 339 g/mol. The lowest BCUT2D eigenvalue weighted by Gasteiger charge is -2.36. The number of halogens is 3. The van der Waals surface area contributed by atoms with E-state index in [1.807, 2.05) is 0 Å². The summed E-state index contributed by atoms with van der Waals surface area (Å²) >= 11 is 0. The van der Waals surface area contributed by atoms with E-state index in [2.05, 4.69) is 5.10 Å². The van der Waals surface area contributed by atoms with Crippen LogP contribution in [0, 0.1) is 5.92 Å². The molecule has 2 atom stereocenters. The number of aryl methyl sites for hydroxylation is 1. The molecule has 2 rings (SSSR count). The molecule has 1 fully saturated rings. The minimum atomic E-state index is -4.92. The molecule has 1 aromatic rings. The molecule has 0 aromatic carbocycles. The zero-order valence-corrected chi connectivity index (χ0v) is 13.2. The number of sulfonamides is 1. The van der Waals surface area contributed by atoms with Gasteiger partial charge in [0, 0.05) is 25.8 Å². The zero-order valence-electron chi connectivity index (χ0n) is 12.4. The molecule has 1 aromatic heterocycles. The van der Waals surface area contributed by atoms with E-state index in [-0.39, 0.29) is 19.4 Å². The van der Waals surface area contributed by atoms with Gasteiger partial charge in [-0.2, -0.15) is 22.6 Å². The molecule has 11 heteroatoms. The van der Waals surface area contributed by atoms with Crippen molar-refractivity contribution in [2.24, 2.45) is 13.0 Å². The van der Waals surface area contributed by atoms with Gasteiger partial charge in [-0.1, -0.05) is 0 Å². The normalized spacial score (nSPS) is 23.9. The van der Waals surface area contributed by atoms with Crippen LogP contribution in [0.3, 0.4) is 0 Å². The molecule has 0 unspecified atom stereocenters. The predicted molar refractivity (Wildman–Crippen MR) is 71.9 cm³/mol. The van der Waals surface area contributed by atoms with Gasteiger partial charge in [-0.25, -0.2) is 8.42 Å². The van der Waals surface area contributed by atoms with Crippen molar-refractivity contribution in [1.29, 1.82) is 0 Å². The van der Waals surface area contributed by atoms with Crippen LogP contribution >= 0.6 is 0 Å². The summed E-state index contributed by atoms with van der Waals surface area (Å²) in [5.74, 6) is -2.12. The van der Waals surface area contributed by atoms with Crippen molar-refractivity contribution >= 4 is 16.0 Å². The monoisotopic (exact) mass is 355 g/mol. The average molecular weight is 355 g/mol. The molecule has 0 spiro atoms. The summed E-state index contributed by atoms with van der Waals surface area (Å²) in [5.41, 5.74) is -1.50. The number of hydrogen-bond acceptors (Lipinski definition) is 4. The van der Waals surface area contributed by atoms with E-state index in [1.54, 1.807) is 0 Å². The minimum Gasteiger partial charge on any atom is -0.481 e. The average Bonchev–Trinajstić information content (AvgIpc) is 2.81. The summed E-state index contributed by atoms with van der Waals surface area (Å²) in [6.07, 6.45) is -3.59. The quantitative estimate of drug-likeness (QED) is 0.883. The molecule has 2 heterocycles. The van der Waals surface area contributed by atoms with Crippen LogP contribution in [0.2, 0.25) is 0 Å². The van der Waals surface area contributed by atoms with E-state index >= 15 is 0 Å². The second-order valence-electron chi connectivity index (χ2n) is 5.46. The summed E-state index contributed by atoms with van der Waals surface area (Å²) in [5, 5.41) is 12.3. The maximum atomic E-state index is 13.0. The Labute approximate surface area is 130 Å². The van der Waals surface area contributed by atoms with Crippen LogP contribution < -0.4 is 0 Å². The third-order valence-electron chi connectivity index (χ3n) is 3.90. The molecule has 1 saturated heterocycles. The Balaban J connectivity index is 2.49. The highest BCUT2D eigenvalue weighted by atomic mass is 32.2. The molecule has 0 amide bonds. The topological polar surface area (TPSA) is 92.5 Å². The fraction of sp³-hybridized carbons (Fsp3) is 0.667. The number of hydrogen-bond donors (Lipinski definition) is 1. The van der Waals surface area contributed by atoms with Gasteiger partial charge in [0.1, 0.15) is 4.90 Å². The summed E-state index contributed by atoms with van der Waals surface area (Å²) in [7, 11) is -3.32. The molecule has 0 radical (unpaired) electrons. The number of rotatable bonds is 3. The van der Waals surface area contributed by atoms with Crippen LogP contribution in [0.4, 0.5) is 13.2 Å². The van der Waals surface area contributed by atoms with Crippen LogP contribution in [0.25, 0.3) is 0 Å². The molecule has 1 aliphatic heterocycles. The molecule has 0 saturated carbocycles. The second kappa shape index (κ2) is 5.78. The van der Waals surface area contributed by atoms with E-state index in [1.165, 1.54) is 14.0 Å². The minimum absolute atomic E-state index is 0.0283. The van der Waals surface area contributed by atoms with Gasteiger partial charge < -0.3 is 5.11 Å². The van der Waals surface area contributed by atoms with Crippen molar-refractivity contribution in [2.75, 3.05) is 6.54 Å². The number of aromatic nitrogens is 2. The van der Waals surface area contributed by atoms with Gasteiger partial charge >= 0.3 is 12.1 Å². The van der Waals surface area contributed by atoms with Crippen molar-refractivity contribution in [1.82, 2.24) is 14.1 Å². The smallest absolute Gasteiger partial charge is 0.436 e. The summed E-state index contributed by atoms with van der Waals surface area (Å²) in [6, 6.07) is -0.937. The molecule has 130 valence electrons. The Morgan fingerprint density at radius 1 is 1.43 bits per heavy atom. The number of alkyl halides is 3. The van der Waals surface area contributed by atoms with Crippen molar-refractivity contribution in [3.05, 3.63) is 11.9 Å². The molecule has 1 aliphatic rings.